The van der Waals surface area contributed by atoms with Gasteiger partial charge in [0, 0.05) is 0 Å². The fourth-order valence-electron chi connectivity index (χ4n) is 0.634. The Morgan fingerprint density at radius 1 is 0.929 bits per heavy atom. The molecule has 14 heavy (non-hydrogen) atoms. The summed E-state index contributed by atoms with van der Waals surface area (Å²) in [7, 11) is 1.57. The van der Waals surface area contributed by atoms with Crippen molar-refractivity contribution in [2.24, 2.45) is 0 Å². The Kier molecular flexibility index (Phi) is 10.8. The van der Waals surface area contributed by atoms with Crippen molar-refractivity contribution in [1.82, 2.24) is 15.2 Å². The summed E-state index contributed by atoms with van der Waals surface area (Å²) in [6.45, 7) is 11.6. The Morgan fingerprint density at radius 3 is 1.79 bits per heavy atom. The van der Waals surface area contributed by atoms with E-state index >= 15 is 0 Å². The molecule has 0 bridgehead atoms. The van der Waals surface area contributed by atoms with Gasteiger partial charge in [-0.25, -0.2) is 0 Å². The summed E-state index contributed by atoms with van der Waals surface area (Å²) in [5.74, 6) is 1.18. The molecule has 0 aliphatic rings. The molecular weight excluding hydrogens is 178 g/mol. The van der Waals surface area contributed by atoms with E-state index in [0.29, 0.717) is 17.4 Å². The maximum absolute atomic E-state index is 4.91. The maximum atomic E-state index is 4.91. The van der Waals surface area contributed by atoms with E-state index < -0.39 is 0 Å². The molecule has 0 aromatic carbocycles. The van der Waals surface area contributed by atoms with Gasteiger partial charge in [0.2, 0.25) is 5.88 Å². The predicted octanol–water partition coefficient (Wildman–Crippen LogP) is 2.55. The molecule has 0 unspecified atom stereocenters. The van der Waals surface area contributed by atoms with E-state index in [-0.39, 0.29) is 0 Å². The van der Waals surface area contributed by atoms with E-state index in [1.807, 2.05) is 27.7 Å². The van der Waals surface area contributed by atoms with Crippen LogP contribution in [-0.2, 0) is 0 Å². The third-order valence-electron chi connectivity index (χ3n) is 1.11. The van der Waals surface area contributed by atoms with Crippen molar-refractivity contribution in [3.05, 3.63) is 11.5 Å². The molecule has 0 radical (unpaired) electrons. The molecule has 0 spiro atoms. The van der Waals surface area contributed by atoms with Crippen molar-refractivity contribution < 1.29 is 4.74 Å². The highest BCUT2D eigenvalue weighted by atomic mass is 16.5. The summed E-state index contributed by atoms with van der Waals surface area (Å²) in [5.41, 5.74) is 0.716. The predicted molar refractivity (Wildman–Crippen MR) is 58.5 cm³/mol. The van der Waals surface area contributed by atoms with E-state index in [9.17, 15) is 0 Å². The summed E-state index contributed by atoms with van der Waals surface area (Å²) in [5, 5.41) is 7.56. The quantitative estimate of drug-likeness (QED) is 0.697. The minimum absolute atomic E-state index is 0.549. The Balaban J connectivity index is 0. The van der Waals surface area contributed by atoms with Crippen LogP contribution in [0.25, 0.3) is 0 Å². The normalized spacial score (nSPS) is 7.64. The summed E-state index contributed by atoms with van der Waals surface area (Å²) < 4.78 is 4.91. The summed E-state index contributed by atoms with van der Waals surface area (Å²) in [4.78, 5) is 4.00. The highest BCUT2D eigenvalue weighted by Gasteiger charge is 2.00. The molecule has 0 aliphatic carbocycles. The zero-order chi connectivity index (χ0) is 11.6. The van der Waals surface area contributed by atoms with E-state index in [1.165, 1.54) is 0 Å². The highest BCUT2D eigenvalue weighted by molar-refractivity contribution is 5.14. The van der Waals surface area contributed by atoms with Crippen molar-refractivity contribution in [2.75, 3.05) is 7.11 Å². The number of nitrogens with zero attached hydrogens (tertiary/aromatic N) is 3. The monoisotopic (exact) mass is 199 g/mol. The number of aromatic nitrogens is 3. The van der Waals surface area contributed by atoms with Gasteiger partial charge in [-0.15, -0.1) is 10.2 Å². The first kappa shape index (κ1) is 15.3. The van der Waals surface area contributed by atoms with Gasteiger partial charge in [0.15, 0.2) is 5.82 Å². The topological polar surface area (TPSA) is 47.9 Å². The van der Waals surface area contributed by atoms with Crippen molar-refractivity contribution in [3.63, 3.8) is 0 Å². The second-order valence-corrected chi connectivity index (χ2v) is 1.95. The van der Waals surface area contributed by atoms with Crippen LogP contribution >= 0.6 is 0 Å². The fourth-order valence-corrected chi connectivity index (χ4v) is 0.634. The first-order valence-corrected chi connectivity index (χ1v) is 4.96. The van der Waals surface area contributed by atoms with Gasteiger partial charge in [-0.05, 0) is 13.8 Å². The van der Waals surface area contributed by atoms with Crippen LogP contribution in [0.15, 0.2) is 0 Å². The average molecular weight is 199 g/mol. The number of methoxy groups -OCH3 is 1. The first-order valence-electron chi connectivity index (χ1n) is 4.96. The van der Waals surface area contributed by atoms with Crippen LogP contribution < -0.4 is 4.74 Å². The number of rotatable bonds is 1. The number of hydrogen-bond donors (Lipinski definition) is 0. The molecule has 0 saturated carbocycles. The van der Waals surface area contributed by atoms with Gasteiger partial charge in [0.1, 0.15) is 5.69 Å². The Morgan fingerprint density at radius 2 is 1.43 bits per heavy atom. The first-order chi connectivity index (χ1) is 6.74. The molecule has 1 aromatic rings. The van der Waals surface area contributed by atoms with Gasteiger partial charge < -0.3 is 4.74 Å². The van der Waals surface area contributed by atoms with Gasteiger partial charge >= 0.3 is 0 Å². The molecule has 0 fully saturated rings. The molecule has 0 atom stereocenters. The molecule has 0 N–H and O–H groups in total. The number of aryl methyl sites for hydroxylation is 2. The third-order valence-corrected chi connectivity index (χ3v) is 1.11. The Hall–Kier alpha value is -1.19. The lowest BCUT2D eigenvalue weighted by Crippen LogP contribution is -1.99. The van der Waals surface area contributed by atoms with E-state index in [1.54, 1.807) is 21.0 Å². The Bertz CT molecular complexity index is 239. The van der Waals surface area contributed by atoms with E-state index in [0.717, 1.165) is 0 Å². The zero-order valence-electron chi connectivity index (χ0n) is 10.2. The lowest BCUT2D eigenvalue weighted by atomic mass is 10.5. The molecule has 1 rings (SSSR count). The minimum Gasteiger partial charge on any atom is -0.480 e. The van der Waals surface area contributed by atoms with Crippen LogP contribution in [0.5, 0.6) is 5.88 Å². The summed E-state index contributed by atoms with van der Waals surface area (Å²) in [6, 6.07) is 0. The van der Waals surface area contributed by atoms with Crippen LogP contribution in [0.2, 0.25) is 0 Å². The van der Waals surface area contributed by atoms with Gasteiger partial charge in [-0.1, -0.05) is 27.7 Å². The molecule has 0 aliphatic heterocycles. The second-order valence-electron chi connectivity index (χ2n) is 1.95. The van der Waals surface area contributed by atoms with Crippen molar-refractivity contribution >= 4 is 0 Å². The molecular formula is C10H21N3O. The van der Waals surface area contributed by atoms with E-state index in [4.69, 9.17) is 4.74 Å². The van der Waals surface area contributed by atoms with Crippen molar-refractivity contribution in [1.29, 1.82) is 0 Å². The van der Waals surface area contributed by atoms with Crippen LogP contribution in [0.3, 0.4) is 0 Å². The van der Waals surface area contributed by atoms with Gasteiger partial charge in [-0.3, -0.25) is 0 Å². The van der Waals surface area contributed by atoms with Gasteiger partial charge in [-0.2, -0.15) is 4.98 Å². The largest absolute Gasteiger partial charge is 0.480 e. The van der Waals surface area contributed by atoms with Crippen LogP contribution in [0, 0.1) is 13.8 Å². The zero-order valence-corrected chi connectivity index (χ0v) is 10.2. The van der Waals surface area contributed by atoms with Crippen LogP contribution in [0.1, 0.15) is 39.2 Å². The van der Waals surface area contributed by atoms with Gasteiger partial charge in [0.05, 0.1) is 7.11 Å². The maximum Gasteiger partial charge on any atom is 0.238 e. The molecule has 4 nitrogen and oxygen atoms in total. The SMILES string of the molecule is CC.CC.COc1nc(C)nnc1C. The van der Waals surface area contributed by atoms with Gasteiger partial charge in [0.25, 0.3) is 0 Å². The third kappa shape index (κ3) is 5.45. The van der Waals surface area contributed by atoms with Crippen molar-refractivity contribution in [3.8, 4) is 5.88 Å². The minimum atomic E-state index is 0.549. The molecule has 4 heteroatoms. The average Bonchev–Trinajstić information content (AvgIpc) is 2.27. The lowest BCUT2D eigenvalue weighted by Gasteiger charge is -1.99. The Labute approximate surface area is 86.7 Å². The highest BCUT2D eigenvalue weighted by Crippen LogP contribution is 2.07. The molecule has 0 amide bonds. The lowest BCUT2D eigenvalue weighted by molar-refractivity contribution is 0.387. The van der Waals surface area contributed by atoms with Crippen LogP contribution in [-0.4, -0.2) is 22.3 Å². The number of ether oxygens (including phenoxy) is 1. The smallest absolute Gasteiger partial charge is 0.238 e. The van der Waals surface area contributed by atoms with E-state index in [2.05, 4.69) is 15.2 Å². The molecule has 1 heterocycles. The molecule has 0 saturated heterocycles. The standard InChI is InChI=1S/C6H9N3O.2C2H6/c1-4-6(10-3)7-5(2)9-8-4;2*1-2/h1-3H3;2*1-2H3. The number of hydrogen-bond acceptors (Lipinski definition) is 4. The van der Waals surface area contributed by atoms with Crippen molar-refractivity contribution in [2.45, 2.75) is 41.5 Å². The summed E-state index contributed by atoms with van der Waals surface area (Å²) >= 11 is 0. The second kappa shape index (κ2) is 9.89. The fraction of sp³-hybridized carbons (Fsp3) is 0.700. The van der Waals surface area contributed by atoms with Crippen LogP contribution in [0.4, 0.5) is 0 Å². The molecule has 82 valence electrons. The summed E-state index contributed by atoms with van der Waals surface area (Å²) in [6.07, 6.45) is 0. The molecule has 1 aromatic heterocycles.